The number of nitrogens with zero attached hydrogens (tertiary/aromatic N) is 2. The Hall–Kier alpha value is -1.49. The molecule has 0 radical (unpaired) electrons. The Morgan fingerprint density at radius 3 is 2.50 bits per heavy atom. The molecule has 1 saturated carbocycles. The number of aromatic nitrogens is 2. The molecule has 1 aliphatic rings. The van der Waals surface area contributed by atoms with E-state index in [4.69, 9.17) is 4.98 Å². The first kappa shape index (κ1) is 15.4. The van der Waals surface area contributed by atoms with Gasteiger partial charge in [0.05, 0.1) is 10.6 Å². The molecule has 2 aromatic rings. The smallest absolute Gasteiger partial charge is 0.261 e. The highest BCUT2D eigenvalue weighted by Crippen LogP contribution is 2.40. The number of rotatable bonds is 4. The van der Waals surface area contributed by atoms with Crippen LogP contribution in [0.4, 0.5) is 0 Å². The second kappa shape index (κ2) is 5.61. The van der Waals surface area contributed by atoms with Crippen LogP contribution in [0.25, 0.3) is 10.2 Å². The highest BCUT2D eigenvalue weighted by Gasteiger charge is 2.28. The minimum atomic E-state index is 0.00840. The highest BCUT2D eigenvalue weighted by atomic mass is 32.1. The maximum atomic E-state index is 12.5. The van der Waals surface area contributed by atoms with Crippen molar-refractivity contribution in [2.75, 3.05) is 0 Å². The van der Waals surface area contributed by atoms with Crippen molar-refractivity contribution < 1.29 is 4.79 Å². The molecule has 0 saturated heterocycles. The monoisotopic (exact) mass is 317 g/mol. The van der Waals surface area contributed by atoms with E-state index in [1.165, 1.54) is 24.2 Å². The molecule has 2 aromatic heterocycles. The lowest BCUT2D eigenvalue weighted by Crippen LogP contribution is -2.35. The minimum absolute atomic E-state index is 0.00840. The van der Waals surface area contributed by atoms with Crippen molar-refractivity contribution in [3.05, 3.63) is 22.0 Å². The normalized spacial score (nSPS) is 16.3. The van der Waals surface area contributed by atoms with Crippen LogP contribution in [0.3, 0.4) is 0 Å². The number of carbonyl (C=O) groups is 1. The topological polar surface area (TPSA) is 54.9 Å². The van der Waals surface area contributed by atoms with Crippen LogP contribution < -0.4 is 5.32 Å². The Morgan fingerprint density at radius 1 is 1.23 bits per heavy atom. The van der Waals surface area contributed by atoms with Gasteiger partial charge in [0, 0.05) is 17.3 Å². The molecule has 4 nitrogen and oxygen atoms in total. The van der Waals surface area contributed by atoms with Gasteiger partial charge in [-0.3, -0.25) is 4.79 Å². The van der Waals surface area contributed by atoms with Crippen LogP contribution in [0.15, 0.2) is 0 Å². The van der Waals surface area contributed by atoms with Crippen LogP contribution in [0.1, 0.15) is 66.3 Å². The number of nitrogens with one attached hydrogen (secondary N) is 1. The van der Waals surface area contributed by atoms with Crippen molar-refractivity contribution in [1.29, 1.82) is 0 Å². The quantitative estimate of drug-likeness (QED) is 0.928. The van der Waals surface area contributed by atoms with Crippen LogP contribution in [0, 0.1) is 19.8 Å². The fraction of sp³-hybridized carbons (Fsp3) is 0.588. The van der Waals surface area contributed by atoms with Gasteiger partial charge in [0.25, 0.3) is 5.91 Å². The van der Waals surface area contributed by atoms with Gasteiger partial charge in [-0.25, -0.2) is 9.97 Å². The van der Waals surface area contributed by atoms with Crippen LogP contribution in [-0.2, 0) is 0 Å². The Morgan fingerprint density at radius 2 is 1.91 bits per heavy atom. The van der Waals surface area contributed by atoms with E-state index >= 15 is 0 Å². The Bertz CT molecular complexity index is 731. The van der Waals surface area contributed by atoms with Gasteiger partial charge in [-0.2, -0.15) is 0 Å². The van der Waals surface area contributed by atoms with E-state index in [-0.39, 0.29) is 11.9 Å². The minimum Gasteiger partial charge on any atom is -0.349 e. The molecule has 1 fully saturated rings. The summed E-state index contributed by atoms with van der Waals surface area (Å²) in [4.78, 5) is 23.6. The number of amides is 1. The van der Waals surface area contributed by atoms with Gasteiger partial charge in [0.1, 0.15) is 10.7 Å². The second-order valence-corrected chi connectivity index (χ2v) is 7.68. The molecule has 0 bridgehead atoms. The van der Waals surface area contributed by atoms with Crippen LogP contribution >= 0.6 is 11.3 Å². The number of hydrogen-bond acceptors (Lipinski definition) is 4. The number of hydrogen-bond donors (Lipinski definition) is 1. The van der Waals surface area contributed by atoms with E-state index in [2.05, 4.69) is 24.1 Å². The van der Waals surface area contributed by atoms with Crippen molar-refractivity contribution in [3.63, 3.8) is 0 Å². The lowest BCUT2D eigenvalue weighted by atomic mass is 10.1. The summed E-state index contributed by atoms with van der Waals surface area (Å²) < 4.78 is 0. The molecule has 5 heteroatoms. The maximum absolute atomic E-state index is 12.5. The molecule has 1 N–H and O–H groups in total. The molecule has 3 rings (SSSR count). The van der Waals surface area contributed by atoms with E-state index in [1.54, 1.807) is 0 Å². The SMILES string of the molecule is Cc1nc(C2CC2)nc2sc(C(=O)NC(C)C(C)C)c(C)c12. The Labute approximate surface area is 135 Å². The predicted octanol–water partition coefficient (Wildman–Crippen LogP) is 3.96. The average molecular weight is 317 g/mol. The summed E-state index contributed by atoms with van der Waals surface area (Å²) >= 11 is 1.50. The van der Waals surface area contributed by atoms with Gasteiger partial charge in [0.15, 0.2) is 0 Å². The van der Waals surface area contributed by atoms with Crippen LogP contribution in [0.5, 0.6) is 0 Å². The molecular weight excluding hydrogens is 294 g/mol. The molecule has 22 heavy (non-hydrogen) atoms. The second-order valence-electron chi connectivity index (χ2n) is 6.68. The molecule has 0 aliphatic heterocycles. The summed E-state index contributed by atoms with van der Waals surface area (Å²) in [5.74, 6) is 1.91. The molecule has 1 atom stereocenters. The largest absolute Gasteiger partial charge is 0.349 e. The van der Waals surface area contributed by atoms with Crippen molar-refractivity contribution >= 4 is 27.5 Å². The van der Waals surface area contributed by atoms with Crippen molar-refractivity contribution in [1.82, 2.24) is 15.3 Å². The maximum Gasteiger partial charge on any atom is 0.261 e. The first-order chi connectivity index (χ1) is 10.4. The summed E-state index contributed by atoms with van der Waals surface area (Å²) in [6, 6.07) is 0.159. The highest BCUT2D eigenvalue weighted by molar-refractivity contribution is 7.20. The van der Waals surface area contributed by atoms with Crippen molar-refractivity contribution in [2.45, 2.75) is 59.4 Å². The van der Waals surface area contributed by atoms with Gasteiger partial charge >= 0.3 is 0 Å². The first-order valence-electron chi connectivity index (χ1n) is 7.97. The average Bonchev–Trinajstić information content (AvgIpc) is 3.23. The zero-order valence-electron chi connectivity index (χ0n) is 13.9. The van der Waals surface area contributed by atoms with E-state index in [1.807, 2.05) is 20.8 Å². The number of aryl methyl sites for hydroxylation is 2. The van der Waals surface area contributed by atoms with E-state index in [0.29, 0.717) is 11.8 Å². The number of thiophene rings is 1. The number of fused-ring (bicyclic) bond motifs is 1. The van der Waals surface area contributed by atoms with E-state index in [9.17, 15) is 4.79 Å². The zero-order valence-corrected chi connectivity index (χ0v) is 14.7. The third kappa shape index (κ3) is 2.74. The van der Waals surface area contributed by atoms with Gasteiger partial charge in [-0.15, -0.1) is 11.3 Å². The van der Waals surface area contributed by atoms with Crippen LogP contribution in [0.2, 0.25) is 0 Å². The Kier molecular flexibility index (Phi) is 3.93. The third-order valence-electron chi connectivity index (χ3n) is 4.50. The Balaban J connectivity index is 1.98. The molecule has 2 heterocycles. The van der Waals surface area contributed by atoms with Crippen LogP contribution in [-0.4, -0.2) is 21.9 Å². The molecule has 1 amide bonds. The fourth-order valence-electron chi connectivity index (χ4n) is 2.54. The molecule has 118 valence electrons. The van der Waals surface area contributed by atoms with E-state index < -0.39 is 0 Å². The van der Waals surface area contributed by atoms with E-state index in [0.717, 1.165) is 32.2 Å². The van der Waals surface area contributed by atoms with Gasteiger partial charge < -0.3 is 5.32 Å². The fourth-order valence-corrected chi connectivity index (χ4v) is 3.68. The molecule has 1 aliphatic carbocycles. The summed E-state index contributed by atoms with van der Waals surface area (Å²) in [6.45, 7) is 10.3. The van der Waals surface area contributed by atoms with Crippen molar-refractivity contribution in [3.8, 4) is 0 Å². The lowest BCUT2D eigenvalue weighted by Gasteiger charge is -2.17. The van der Waals surface area contributed by atoms with Crippen molar-refractivity contribution in [2.24, 2.45) is 5.92 Å². The van der Waals surface area contributed by atoms with Gasteiger partial charge in [0.2, 0.25) is 0 Å². The predicted molar refractivity (Wildman–Crippen MR) is 90.6 cm³/mol. The third-order valence-corrected chi connectivity index (χ3v) is 5.68. The molecule has 0 aromatic carbocycles. The summed E-state index contributed by atoms with van der Waals surface area (Å²) in [7, 11) is 0. The first-order valence-corrected chi connectivity index (χ1v) is 8.78. The standard InChI is InChI=1S/C17H23N3OS/c1-8(2)10(4)19-16(21)14-9(3)13-11(5)18-15(12-6-7-12)20-17(13)22-14/h8,10,12H,6-7H2,1-5H3,(H,19,21). The number of carbonyl (C=O) groups excluding carboxylic acids is 1. The lowest BCUT2D eigenvalue weighted by molar-refractivity contribution is 0.0934. The molecule has 0 spiro atoms. The zero-order chi connectivity index (χ0) is 16.0. The molecule has 1 unspecified atom stereocenters. The summed E-state index contributed by atoms with van der Waals surface area (Å²) in [5, 5.41) is 4.14. The van der Waals surface area contributed by atoms with Gasteiger partial charge in [-0.1, -0.05) is 13.8 Å². The summed E-state index contributed by atoms with van der Waals surface area (Å²) in [5.41, 5.74) is 2.00. The van der Waals surface area contributed by atoms with Gasteiger partial charge in [-0.05, 0) is 45.1 Å². The molecular formula is C17H23N3OS. The summed E-state index contributed by atoms with van der Waals surface area (Å²) in [6.07, 6.45) is 2.38.